The Labute approximate surface area is 331 Å². The first kappa shape index (κ1) is 42.4. The fourth-order valence-corrected chi connectivity index (χ4v) is 8.78. The predicted octanol–water partition coefficient (Wildman–Crippen LogP) is 4.58. The normalized spacial score (nSPS) is 35.0. The van der Waals surface area contributed by atoms with Crippen LogP contribution < -0.4 is 0 Å². The molecule has 316 valence electrons. The van der Waals surface area contributed by atoms with E-state index in [1.54, 1.807) is 0 Å². The SMILES string of the molecule is C=CC(=O)OC(=O)OC1CCC(C(=O)OC2CCC(C(=O)O[C@@H]3CO[C@H]4[C@@H]3OC[C@@H]4OC(=O)C3CCC(OC(=O)C4CCC(OC(=O)OC)CC4)CC3)CC2)CC1. The first-order chi connectivity index (χ1) is 27.5. The summed E-state index contributed by atoms with van der Waals surface area (Å²) in [7, 11) is 1.26. The van der Waals surface area contributed by atoms with Gasteiger partial charge in [0.1, 0.15) is 36.6 Å². The molecule has 2 saturated heterocycles. The van der Waals surface area contributed by atoms with Gasteiger partial charge in [0.15, 0.2) is 12.2 Å². The standard InChI is InChI=1S/C40H54O17/c1-3-32(41)57-40(47)54-29-18-10-23(11-19-29)36(43)52-27-14-6-25(7-15-27)38(45)56-31-21-50-33-30(20-49-34(31)33)55-37(44)24-4-12-26(13-5-24)51-35(42)22-8-16-28(17-9-22)53-39(46)48-2/h3,22-31,33-34H,1,4-21H2,2H3/t22?,23?,24?,25?,26?,27?,28?,29?,30-,31+,33+,34+/m0/s1. The van der Waals surface area contributed by atoms with E-state index >= 15 is 0 Å². The third kappa shape index (κ3) is 11.5. The molecule has 0 radical (unpaired) electrons. The van der Waals surface area contributed by atoms with E-state index in [1.807, 2.05) is 0 Å². The van der Waals surface area contributed by atoms with Crippen LogP contribution in [0.1, 0.15) is 103 Å². The minimum Gasteiger partial charge on any atom is -0.462 e. The highest BCUT2D eigenvalue weighted by Crippen LogP contribution is 2.36. The molecular formula is C40H54O17. The van der Waals surface area contributed by atoms with Crippen LogP contribution in [-0.2, 0) is 71.3 Å². The zero-order chi connectivity index (χ0) is 40.5. The van der Waals surface area contributed by atoms with Crippen LogP contribution in [0.25, 0.3) is 0 Å². The monoisotopic (exact) mass is 806 g/mol. The second-order valence-corrected chi connectivity index (χ2v) is 15.9. The molecule has 0 aromatic rings. The van der Waals surface area contributed by atoms with Gasteiger partial charge < -0.3 is 47.4 Å². The Hall–Kier alpha value is -4.25. The van der Waals surface area contributed by atoms with Crippen molar-refractivity contribution in [1.29, 1.82) is 0 Å². The van der Waals surface area contributed by atoms with Crippen LogP contribution in [-0.4, -0.2) is 111 Å². The number of rotatable bonds is 11. The Balaban J connectivity index is 0.837. The lowest BCUT2D eigenvalue weighted by Crippen LogP contribution is -2.39. The first-order valence-electron chi connectivity index (χ1n) is 20.3. The van der Waals surface area contributed by atoms with Crippen molar-refractivity contribution in [2.75, 3.05) is 20.3 Å². The molecule has 0 spiro atoms. The summed E-state index contributed by atoms with van der Waals surface area (Å²) in [6.45, 7) is 3.48. The maximum Gasteiger partial charge on any atom is 0.516 e. The summed E-state index contributed by atoms with van der Waals surface area (Å²) >= 11 is 0. The van der Waals surface area contributed by atoms with Gasteiger partial charge >= 0.3 is 42.2 Å². The maximum absolute atomic E-state index is 13.2. The second-order valence-electron chi connectivity index (χ2n) is 15.9. The van der Waals surface area contributed by atoms with Crippen LogP contribution >= 0.6 is 0 Å². The van der Waals surface area contributed by atoms with Gasteiger partial charge in [0.25, 0.3) is 0 Å². The van der Waals surface area contributed by atoms with Gasteiger partial charge in [-0.25, -0.2) is 14.4 Å². The molecule has 0 unspecified atom stereocenters. The fraction of sp³-hybridized carbons (Fsp3) is 0.775. The molecule has 6 rings (SSSR count). The molecule has 57 heavy (non-hydrogen) atoms. The minimum absolute atomic E-state index is 0.125. The Morgan fingerprint density at radius 1 is 0.456 bits per heavy atom. The van der Waals surface area contributed by atoms with E-state index in [0.717, 1.165) is 6.08 Å². The van der Waals surface area contributed by atoms with E-state index < -0.39 is 48.8 Å². The van der Waals surface area contributed by atoms with Gasteiger partial charge in [0.05, 0.1) is 44.0 Å². The summed E-state index contributed by atoms with van der Waals surface area (Å²) in [5.74, 6) is -3.41. The van der Waals surface area contributed by atoms with Crippen molar-refractivity contribution < 1.29 is 80.9 Å². The molecule has 0 amide bonds. The topological polar surface area (TPSA) is 212 Å². The number of methoxy groups -OCH3 is 1. The first-order valence-corrected chi connectivity index (χ1v) is 20.3. The van der Waals surface area contributed by atoms with Crippen molar-refractivity contribution in [3.05, 3.63) is 12.7 Å². The number of carbonyl (C=O) groups is 7. The van der Waals surface area contributed by atoms with Crippen LogP contribution in [0.5, 0.6) is 0 Å². The van der Waals surface area contributed by atoms with E-state index in [2.05, 4.69) is 16.1 Å². The zero-order valence-electron chi connectivity index (χ0n) is 32.4. The van der Waals surface area contributed by atoms with E-state index in [4.69, 9.17) is 37.9 Å². The van der Waals surface area contributed by atoms with Crippen molar-refractivity contribution in [3.8, 4) is 0 Å². The van der Waals surface area contributed by atoms with Crippen LogP contribution in [0.15, 0.2) is 12.7 Å². The highest BCUT2D eigenvalue weighted by Gasteiger charge is 2.52. The summed E-state index contributed by atoms with van der Waals surface area (Å²) in [4.78, 5) is 86.2. The summed E-state index contributed by atoms with van der Waals surface area (Å²) in [6, 6.07) is 0. The molecule has 2 heterocycles. The number of fused-ring (bicyclic) bond motifs is 1. The highest BCUT2D eigenvalue weighted by atomic mass is 16.7. The van der Waals surface area contributed by atoms with Crippen molar-refractivity contribution in [2.24, 2.45) is 23.7 Å². The van der Waals surface area contributed by atoms with Gasteiger partial charge in [0, 0.05) is 6.08 Å². The second kappa shape index (κ2) is 19.9. The molecule has 0 bridgehead atoms. The van der Waals surface area contributed by atoms with E-state index in [1.165, 1.54) is 7.11 Å². The van der Waals surface area contributed by atoms with E-state index in [0.29, 0.717) is 103 Å². The summed E-state index contributed by atoms with van der Waals surface area (Å²) in [5, 5.41) is 0. The van der Waals surface area contributed by atoms with Crippen molar-refractivity contribution >= 4 is 42.2 Å². The smallest absolute Gasteiger partial charge is 0.462 e. The number of hydrogen-bond donors (Lipinski definition) is 0. The van der Waals surface area contributed by atoms with Crippen LogP contribution in [0, 0.1) is 23.7 Å². The molecule has 4 saturated carbocycles. The Kier molecular flexibility index (Phi) is 14.8. The van der Waals surface area contributed by atoms with Crippen molar-refractivity contribution in [3.63, 3.8) is 0 Å². The molecule has 6 aliphatic rings. The lowest BCUT2D eigenvalue weighted by molar-refractivity contribution is -0.164. The molecule has 6 fully saturated rings. The minimum atomic E-state index is -1.08. The van der Waals surface area contributed by atoms with Gasteiger partial charge in [0.2, 0.25) is 0 Å². The summed E-state index contributed by atoms with van der Waals surface area (Å²) in [6.07, 6.45) is 3.76. The molecule has 17 heteroatoms. The fourth-order valence-electron chi connectivity index (χ4n) is 8.78. The lowest BCUT2D eigenvalue weighted by atomic mass is 9.86. The lowest BCUT2D eigenvalue weighted by Gasteiger charge is -2.31. The Bertz CT molecular complexity index is 1460. The average Bonchev–Trinajstić information content (AvgIpc) is 3.81. The number of esters is 5. The third-order valence-electron chi connectivity index (χ3n) is 12.1. The molecule has 4 aliphatic carbocycles. The maximum atomic E-state index is 13.2. The van der Waals surface area contributed by atoms with E-state index in [-0.39, 0.29) is 79.1 Å². The quantitative estimate of drug-likeness (QED) is 0.121. The molecule has 17 nitrogen and oxygen atoms in total. The summed E-state index contributed by atoms with van der Waals surface area (Å²) < 4.78 is 54.4. The Morgan fingerprint density at radius 2 is 0.772 bits per heavy atom. The van der Waals surface area contributed by atoms with Crippen LogP contribution in [0.4, 0.5) is 9.59 Å². The summed E-state index contributed by atoms with van der Waals surface area (Å²) in [5.41, 5.74) is 0. The van der Waals surface area contributed by atoms with Crippen LogP contribution in [0.2, 0.25) is 0 Å². The molecular weight excluding hydrogens is 752 g/mol. The third-order valence-corrected chi connectivity index (χ3v) is 12.1. The van der Waals surface area contributed by atoms with Gasteiger partial charge in [-0.2, -0.15) is 0 Å². The largest absolute Gasteiger partial charge is 0.516 e. The molecule has 0 aromatic carbocycles. The van der Waals surface area contributed by atoms with Gasteiger partial charge in [-0.3, -0.25) is 19.2 Å². The van der Waals surface area contributed by atoms with Crippen molar-refractivity contribution in [1.82, 2.24) is 0 Å². The van der Waals surface area contributed by atoms with Gasteiger partial charge in [-0.1, -0.05) is 6.58 Å². The molecule has 0 aromatic heterocycles. The average molecular weight is 807 g/mol. The molecule has 0 N–H and O–H groups in total. The molecule has 2 aliphatic heterocycles. The van der Waals surface area contributed by atoms with Gasteiger partial charge in [-0.05, 0) is 103 Å². The Morgan fingerprint density at radius 3 is 1.11 bits per heavy atom. The van der Waals surface area contributed by atoms with Crippen molar-refractivity contribution in [2.45, 2.75) is 152 Å². The number of hydrogen-bond acceptors (Lipinski definition) is 17. The number of carbonyl (C=O) groups excluding carboxylic acids is 7. The number of ether oxygens (including phenoxy) is 10. The van der Waals surface area contributed by atoms with E-state index in [9.17, 15) is 33.6 Å². The highest BCUT2D eigenvalue weighted by molar-refractivity contribution is 5.89. The van der Waals surface area contributed by atoms with Gasteiger partial charge in [-0.15, -0.1) is 0 Å². The predicted molar refractivity (Wildman–Crippen MR) is 191 cm³/mol. The molecule has 4 atom stereocenters. The van der Waals surface area contributed by atoms with Crippen LogP contribution in [0.3, 0.4) is 0 Å². The zero-order valence-corrected chi connectivity index (χ0v) is 32.4.